The molecule has 1 amide bonds. The first kappa shape index (κ1) is 18.6. The van der Waals surface area contributed by atoms with Crippen LogP contribution in [0.4, 0.5) is 5.69 Å². The molecule has 0 atom stereocenters. The molecule has 0 bridgehead atoms. The zero-order chi connectivity index (χ0) is 18.1. The molecule has 0 fully saturated rings. The molecule has 0 heterocycles. The van der Waals surface area contributed by atoms with Crippen molar-refractivity contribution < 1.29 is 19.1 Å². The van der Waals surface area contributed by atoms with Crippen molar-refractivity contribution in [1.82, 2.24) is 0 Å². The zero-order valence-electron chi connectivity index (χ0n) is 14.4. The smallest absolute Gasteiger partial charge is 0.311 e. The minimum Gasteiger partial charge on any atom is -0.427 e. The highest BCUT2D eigenvalue weighted by molar-refractivity contribution is 5.97. The van der Waals surface area contributed by atoms with Gasteiger partial charge in [0.1, 0.15) is 5.75 Å². The van der Waals surface area contributed by atoms with Crippen LogP contribution in [0.5, 0.6) is 5.75 Å². The molecule has 1 aromatic carbocycles. The molecule has 2 rings (SSSR count). The summed E-state index contributed by atoms with van der Waals surface area (Å²) in [6, 6.07) is 6.67. The molecule has 0 radical (unpaired) electrons. The van der Waals surface area contributed by atoms with Crippen LogP contribution in [0, 0.1) is 0 Å². The van der Waals surface area contributed by atoms with Crippen LogP contribution in [0.25, 0.3) is 0 Å². The minimum atomic E-state index is -0.283. The van der Waals surface area contributed by atoms with Gasteiger partial charge in [0, 0.05) is 25.5 Å². The number of ketones is 1. The number of benzene rings is 1. The number of hydrogen-bond donors (Lipinski definition) is 1. The highest BCUT2D eigenvalue weighted by atomic mass is 16.5. The van der Waals surface area contributed by atoms with Gasteiger partial charge in [-0.15, -0.1) is 0 Å². The molecule has 1 aliphatic rings. The first-order valence-electron chi connectivity index (χ1n) is 8.50. The maximum atomic E-state index is 11.8. The van der Waals surface area contributed by atoms with Crippen LogP contribution in [0.1, 0.15) is 45.4 Å². The predicted octanol–water partition coefficient (Wildman–Crippen LogP) is 3.96. The topological polar surface area (TPSA) is 72.5 Å². The van der Waals surface area contributed by atoms with Gasteiger partial charge < -0.3 is 10.1 Å². The van der Waals surface area contributed by atoms with Crippen molar-refractivity contribution in [2.75, 3.05) is 5.32 Å². The molecule has 0 unspecified atom stereocenters. The summed E-state index contributed by atoms with van der Waals surface area (Å²) in [6.07, 6.45) is 9.98. The van der Waals surface area contributed by atoms with Gasteiger partial charge in [0.2, 0.25) is 5.91 Å². The summed E-state index contributed by atoms with van der Waals surface area (Å²) in [5.74, 6) is 0.278. The van der Waals surface area contributed by atoms with E-state index in [1.807, 2.05) is 18.2 Å². The number of hydrogen-bond acceptors (Lipinski definition) is 4. The Hall–Kier alpha value is -2.69. The average Bonchev–Trinajstić information content (AvgIpc) is 2.97. The Morgan fingerprint density at radius 1 is 1.20 bits per heavy atom. The Morgan fingerprint density at radius 2 is 1.96 bits per heavy atom. The lowest BCUT2D eigenvalue weighted by Crippen LogP contribution is -2.08. The lowest BCUT2D eigenvalue weighted by atomic mass is 10.1. The molecule has 0 spiro atoms. The fourth-order valence-corrected chi connectivity index (χ4v) is 2.53. The second-order valence-electron chi connectivity index (χ2n) is 5.94. The molecule has 1 aliphatic carbocycles. The van der Waals surface area contributed by atoms with Crippen molar-refractivity contribution in [2.24, 2.45) is 0 Å². The van der Waals surface area contributed by atoms with Crippen LogP contribution in [0.15, 0.2) is 48.1 Å². The normalized spacial score (nSPS) is 13.8. The van der Waals surface area contributed by atoms with Crippen molar-refractivity contribution in [1.29, 1.82) is 0 Å². The number of ether oxygens (including phenoxy) is 1. The number of carbonyl (C=O) groups is 3. The van der Waals surface area contributed by atoms with Gasteiger partial charge in [-0.25, -0.2) is 0 Å². The average molecular weight is 341 g/mol. The first-order chi connectivity index (χ1) is 12.0. The molecule has 1 aromatic rings. The molecule has 0 saturated carbocycles. The van der Waals surface area contributed by atoms with E-state index in [4.69, 9.17) is 4.74 Å². The third-order valence-corrected chi connectivity index (χ3v) is 3.78. The van der Waals surface area contributed by atoms with E-state index in [1.54, 1.807) is 24.3 Å². The number of rotatable bonds is 8. The van der Waals surface area contributed by atoms with E-state index < -0.39 is 0 Å². The van der Waals surface area contributed by atoms with Crippen LogP contribution in [-0.4, -0.2) is 17.7 Å². The van der Waals surface area contributed by atoms with Gasteiger partial charge in [-0.2, -0.15) is 0 Å². The summed E-state index contributed by atoms with van der Waals surface area (Å²) < 4.78 is 5.25. The van der Waals surface area contributed by atoms with Gasteiger partial charge in [-0.1, -0.05) is 18.2 Å². The van der Waals surface area contributed by atoms with E-state index in [1.165, 1.54) is 6.92 Å². The Balaban J connectivity index is 1.63. The van der Waals surface area contributed by atoms with Crippen LogP contribution in [-0.2, 0) is 14.4 Å². The summed E-state index contributed by atoms with van der Waals surface area (Å²) >= 11 is 0. The van der Waals surface area contributed by atoms with Gasteiger partial charge in [0.15, 0.2) is 5.78 Å². The molecule has 5 heteroatoms. The lowest BCUT2D eigenvalue weighted by molar-refractivity contribution is -0.134. The summed E-state index contributed by atoms with van der Waals surface area (Å²) in [4.78, 5) is 34.2. The third-order valence-electron chi connectivity index (χ3n) is 3.78. The fourth-order valence-electron chi connectivity index (χ4n) is 2.53. The number of unbranched alkanes of at least 4 members (excludes halogenated alkanes) is 1. The largest absolute Gasteiger partial charge is 0.427 e. The van der Waals surface area contributed by atoms with E-state index in [0.29, 0.717) is 37.1 Å². The molecular formula is C20H23NO4. The Kier molecular flexibility index (Phi) is 7.14. The van der Waals surface area contributed by atoms with Crippen molar-refractivity contribution in [3.8, 4) is 5.75 Å². The van der Waals surface area contributed by atoms with E-state index in [9.17, 15) is 14.4 Å². The van der Waals surface area contributed by atoms with Crippen LogP contribution >= 0.6 is 0 Å². The minimum absolute atomic E-state index is 0.147. The molecular weight excluding hydrogens is 318 g/mol. The maximum absolute atomic E-state index is 11.8. The van der Waals surface area contributed by atoms with Crippen molar-refractivity contribution in [3.63, 3.8) is 0 Å². The lowest BCUT2D eigenvalue weighted by Gasteiger charge is -2.05. The number of allylic oxidation sites excluding steroid dienone is 4. The number of esters is 1. The first-order valence-corrected chi connectivity index (χ1v) is 8.50. The number of Topliss-reactive ketones (excluding diaryl/α,β-unsaturated/α-hetero) is 1. The standard InChI is InChI=1S/C20H23NO4/c1-15(22)21-17-11-13-18(14-12-17)25-20(24)10-5-3-2-4-7-16-8-6-9-19(16)23/h2,4,8,11-14H,3,5-7,9-10H2,1H3,(H,21,22)/b4-2-. The molecule has 5 nitrogen and oxygen atoms in total. The Bertz CT molecular complexity index is 686. The van der Waals surface area contributed by atoms with Crippen LogP contribution in [0.3, 0.4) is 0 Å². The molecule has 0 aromatic heterocycles. The molecule has 132 valence electrons. The highest BCUT2D eigenvalue weighted by Gasteiger charge is 2.12. The van der Waals surface area contributed by atoms with E-state index in [0.717, 1.165) is 18.4 Å². The zero-order valence-corrected chi connectivity index (χ0v) is 14.4. The Labute approximate surface area is 147 Å². The van der Waals surface area contributed by atoms with Crippen molar-refractivity contribution >= 4 is 23.3 Å². The highest BCUT2D eigenvalue weighted by Crippen LogP contribution is 2.18. The Morgan fingerprint density at radius 3 is 2.60 bits per heavy atom. The number of nitrogens with one attached hydrogen (secondary N) is 1. The maximum Gasteiger partial charge on any atom is 0.311 e. The van der Waals surface area contributed by atoms with Gasteiger partial charge in [-0.05, 0) is 55.5 Å². The second kappa shape index (κ2) is 9.57. The van der Waals surface area contributed by atoms with Gasteiger partial charge >= 0.3 is 5.97 Å². The quantitative estimate of drug-likeness (QED) is 0.336. The number of anilines is 1. The SMILES string of the molecule is CC(=O)Nc1ccc(OC(=O)CCC/C=C\CC2=CCCC2=O)cc1. The molecule has 0 saturated heterocycles. The van der Waals surface area contributed by atoms with Crippen molar-refractivity contribution in [2.45, 2.75) is 45.4 Å². The van der Waals surface area contributed by atoms with Crippen molar-refractivity contribution in [3.05, 3.63) is 48.1 Å². The van der Waals surface area contributed by atoms with E-state index in [-0.39, 0.29) is 17.7 Å². The monoisotopic (exact) mass is 341 g/mol. The number of carbonyl (C=O) groups excluding carboxylic acids is 3. The van der Waals surface area contributed by atoms with Crippen LogP contribution < -0.4 is 10.1 Å². The predicted molar refractivity (Wildman–Crippen MR) is 96.3 cm³/mol. The molecule has 1 N–H and O–H groups in total. The van der Waals surface area contributed by atoms with Gasteiger partial charge in [0.05, 0.1) is 0 Å². The summed E-state index contributed by atoms with van der Waals surface area (Å²) in [7, 11) is 0. The second-order valence-corrected chi connectivity index (χ2v) is 5.94. The van der Waals surface area contributed by atoms with Gasteiger partial charge in [0.25, 0.3) is 0 Å². The molecule has 25 heavy (non-hydrogen) atoms. The van der Waals surface area contributed by atoms with Gasteiger partial charge in [-0.3, -0.25) is 14.4 Å². The fraction of sp³-hybridized carbons (Fsp3) is 0.350. The number of amides is 1. The summed E-state index contributed by atoms with van der Waals surface area (Å²) in [5.41, 5.74) is 1.56. The molecule has 0 aliphatic heterocycles. The van der Waals surface area contributed by atoms with Crippen LogP contribution in [0.2, 0.25) is 0 Å². The summed E-state index contributed by atoms with van der Waals surface area (Å²) in [6.45, 7) is 1.44. The van der Waals surface area contributed by atoms with E-state index in [2.05, 4.69) is 5.32 Å². The third kappa shape index (κ3) is 6.75. The summed E-state index contributed by atoms with van der Waals surface area (Å²) in [5, 5.41) is 2.65. The van der Waals surface area contributed by atoms with E-state index >= 15 is 0 Å².